The molecule has 2 aliphatic rings. The Kier molecular flexibility index (Phi) is 3.87. The SMILES string of the molecule is COCC1CC(CC2CCCS2(=O)=O)CN1. The van der Waals surface area contributed by atoms with Crippen LogP contribution in [0.5, 0.6) is 0 Å². The Hall–Kier alpha value is -0.130. The quantitative estimate of drug-likeness (QED) is 0.789. The van der Waals surface area contributed by atoms with E-state index in [1.165, 1.54) is 0 Å². The van der Waals surface area contributed by atoms with Crippen LogP contribution in [0.3, 0.4) is 0 Å². The minimum Gasteiger partial charge on any atom is -0.383 e. The van der Waals surface area contributed by atoms with E-state index in [9.17, 15) is 8.42 Å². The second-order valence-electron chi connectivity index (χ2n) is 5.03. The number of rotatable bonds is 4. The molecule has 5 heteroatoms. The van der Waals surface area contributed by atoms with E-state index >= 15 is 0 Å². The van der Waals surface area contributed by atoms with E-state index in [0.717, 1.165) is 38.8 Å². The molecule has 4 nitrogen and oxygen atoms in total. The molecular weight excluding hydrogens is 226 g/mol. The van der Waals surface area contributed by atoms with Gasteiger partial charge in [-0.1, -0.05) is 0 Å². The van der Waals surface area contributed by atoms with Crippen molar-refractivity contribution in [2.45, 2.75) is 37.0 Å². The Morgan fingerprint density at radius 2 is 2.25 bits per heavy atom. The summed E-state index contributed by atoms with van der Waals surface area (Å²) in [6, 6.07) is 0.416. The minimum atomic E-state index is -2.76. The average Bonchev–Trinajstić information content (AvgIpc) is 2.76. The number of sulfone groups is 1. The molecule has 0 spiro atoms. The van der Waals surface area contributed by atoms with Gasteiger partial charge in [0.05, 0.1) is 17.6 Å². The van der Waals surface area contributed by atoms with Gasteiger partial charge in [-0.15, -0.1) is 0 Å². The van der Waals surface area contributed by atoms with Crippen LogP contribution in [-0.2, 0) is 14.6 Å². The molecule has 0 aromatic heterocycles. The Morgan fingerprint density at radius 3 is 2.88 bits per heavy atom. The fraction of sp³-hybridized carbons (Fsp3) is 1.00. The molecule has 0 aromatic rings. The highest BCUT2D eigenvalue weighted by atomic mass is 32.2. The first-order valence-electron chi connectivity index (χ1n) is 6.05. The fourth-order valence-corrected chi connectivity index (χ4v) is 4.90. The molecule has 1 N–H and O–H groups in total. The lowest BCUT2D eigenvalue weighted by Gasteiger charge is -2.14. The first kappa shape index (κ1) is 12.3. The molecule has 16 heavy (non-hydrogen) atoms. The van der Waals surface area contributed by atoms with Gasteiger partial charge in [0.25, 0.3) is 0 Å². The van der Waals surface area contributed by atoms with Crippen molar-refractivity contribution >= 4 is 9.84 Å². The third kappa shape index (κ3) is 2.76. The van der Waals surface area contributed by atoms with E-state index in [4.69, 9.17) is 4.74 Å². The predicted octanol–water partition coefficient (Wildman–Crippen LogP) is 0.578. The zero-order valence-corrected chi connectivity index (χ0v) is 10.6. The van der Waals surface area contributed by atoms with Gasteiger partial charge in [-0.2, -0.15) is 0 Å². The molecule has 2 heterocycles. The van der Waals surface area contributed by atoms with Crippen LogP contribution >= 0.6 is 0 Å². The summed E-state index contributed by atoms with van der Waals surface area (Å²) in [6.07, 6.45) is 3.62. The van der Waals surface area contributed by atoms with Crippen LogP contribution in [0.4, 0.5) is 0 Å². The van der Waals surface area contributed by atoms with E-state index in [0.29, 0.717) is 17.7 Å². The molecule has 94 valence electrons. The molecule has 0 radical (unpaired) electrons. The highest BCUT2D eigenvalue weighted by Crippen LogP contribution is 2.29. The second-order valence-corrected chi connectivity index (χ2v) is 7.43. The van der Waals surface area contributed by atoms with Crippen LogP contribution in [0, 0.1) is 5.92 Å². The van der Waals surface area contributed by atoms with Crippen molar-refractivity contribution in [1.82, 2.24) is 5.32 Å². The van der Waals surface area contributed by atoms with E-state index in [2.05, 4.69) is 5.32 Å². The van der Waals surface area contributed by atoms with Crippen LogP contribution < -0.4 is 5.32 Å². The lowest BCUT2D eigenvalue weighted by Crippen LogP contribution is -2.25. The smallest absolute Gasteiger partial charge is 0.153 e. The highest BCUT2D eigenvalue weighted by Gasteiger charge is 2.35. The van der Waals surface area contributed by atoms with E-state index in [1.807, 2.05) is 0 Å². The number of hydrogen-bond acceptors (Lipinski definition) is 4. The molecule has 2 aliphatic heterocycles. The van der Waals surface area contributed by atoms with E-state index < -0.39 is 9.84 Å². The summed E-state index contributed by atoms with van der Waals surface area (Å²) in [7, 11) is -1.06. The Bertz CT molecular complexity index is 328. The maximum Gasteiger partial charge on any atom is 0.153 e. The van der Waals surface area contributed by atoms with Crippen molar-refractivity contribution < 1.29 is 13.2 Å². The van der Waals surface area contributed by atoms with Crippen molar-refractivity contribution in [3.05, 3.63) is 0 Å². The standard InChI is InChI=1S/C11H21NO3S/c1-15-8-10-5-9(7-12-10)6-11-3-2-4-16(11,13)14/h9-12H,2-8H2,1H3. The topological polar surface area (TPSA) is 55.4 Å². The summed E-state index contributed by atoms with van der Waals surface area (Å²) in [6.45, 7) is 1.67. The molecule has 2 rings (SSSR count). The first-order valence-corrected chi connectivity index (χ1v) is 7.77. The van der Waals surface area contributed by atoms with Gasteiger partial charge in [0.15, 0.2) is 9.84 Å². The summed E-state index contributed by atoms with van der Waals surface area (Å²) >= 11 is 0. The van der Waals surface area contributed by atoms with Crippen molar-refractivity contribution in [2.75, 3.05) is 26.0 Å². The fourth-order valence-electron chi connectivity index (χ4n) is 2.90. The van der Waals surface area contributed by atoms with Gasteiger partial charge in [-0.25, -0.2) is 8.42 Å². The van der Waals surface area contributed by atoms with Crippen LogP contribution in [0.25, 0.3) is 0 Å². The van der Waals surface area contributed by atoms with Crippen molar-refractivity contribution in [2.24, 2.45) is 5.92 Å². The third-order valence-electron chi connectivity index (χ3n) is 3.74. The number of nitrogens with one attached hydrogen (secondary N) is 1. The molecule has 3 atom stereocenters. The van der Waals surface area contributed by atoms with Gasteiger partial charge in [0.1, 0.15) is 0 Å². The molecular formula is C11H21NO3S. The lowest BCUT2D eigenvalue weighted by atomic mass is 9.98. The molecule has 0 saturated carbocycles. The first-order chi connectivity index (χ1) is 7.62. The van der Waals surface area contributed by atoms with Gasteiger partial charge in [-0.05, 0) is 38.1 Å². The Labute approximate surface area is 97.7 Å². The van der Waals surface area contributed by atoms with Crippen LogP contribution in [-0.4, -0.2) is 45.7 Å². The van der Waals surface area contributed by atoms with Gasteiger partial charge in [0.2, 0.25) is 0 Å². The minimum absolute atomic E-state index is 0.0689. The monoisotopic (exact) mass is 247 g/mol. The molecule has 3 unspecified atom stereocenters. The molecule has 2 saturated heterocycles. The molecule has 0 aliphatic carbocycles. The maximum absolute atomic E-state index is 11.7. The lowest BCUT2D eigenvalue weighted by molar-refractivity contribution is 0.172. The Balaban J connectivity index is 1.83. The summed E-state index contributed by atoms with van der Waals surface area (Å²) in [4.78, 5) is 0. The molecule has 0 bridgehead atoms. The number of ether oxygens (including phenoxy) is 1. The summed E-state index contributed by atoms with van der Waals surface area (Å²) < 4.78 is 28.5. The largest absolute Gasteiger partial charge is 0.383 e. The number of hydrogen-bond donors (Lipinski definition) is 1. The van der Waals surface area contributed by atoms with E-state index in [-0.39, 0.29) is 5.25 Å². The normalized spacial score (nSPS) is 37.9. The zero-order valence-electron chi connectivity index (χ0n) is 9.81. The van der Waals surface area contributed by atoms with Gasteiger partial charge >= 0.3 is 0 Å². The van der Waals surface area contributed by atoms with Crippen molar-refractivity contribution in [3.8, 4) is 0 Å². The average molecular weight is 247 g/mol. The number of methoxy groups -OCH3 is 1. The molecule has 0 aromatic carbocycles. The molecule has 0 amide bonds. The summed E-state index contributed by atoms with van der Waals surface area (Å²) in [5, 5.41) is 3.32. The maximum atomic E-state index is 11.7. The summed E-state index contributed by atoms with van der Waals surface area (Å²) in [5.74, 6) is 0.914. The van der Waals surface area contributed by atoms with Crippen LogP contribution in [0.2, 0.25) is 0 Å². The zero-order chi connectivity index (χ0) is 11.6. The van der Waals surface area contributed by atoms with Crippen LogP contribution in [0.15, 0.2) is 0 Å². The van der Waals surface area contributed by atoms with Gasteiger partial charge in [0, 0.05) is 13.2 Å². The van der Waals surface area contributed by atoms with E-state index in [1.54, 1.807) is 7.11 Å². The Morgan fingerprint density at radius 1 is 1.44 bits per heavy atom. The second kappa shape index (κ2) is 5.02. The predicted molar refractivity (Wildman–Crippen MR) is 63.2 cm³/mol. The highest BCUT2D eigenvalue weighted by molar-refractivity contribution is 7.92. The third-order valence-corrected chi connectivity index (χ3v) is 6.04. The van der Waals surface area contributed by atoms with Crippen LogP contribution in [0.1, 0.15) is 25.7 Å². The van der Waals surface area contributed by atoms with Gasteiger partial charge in [-0.3, -0.25) is 0 Å². The summed E-state index contributed by atoms with van der Waals surface area (Å²) in [5.41, 5.74) is 0. The van der Waals surface area contributed by atoms with Gasteiger partial charge < -0.3 is 10.1 Å². The molecule has 2 fully saturated rings. The van der Waals surface area contributed by atoms with Crippen molar-refractivity contribution in [1.29, 1.82) is 0 Å². The van der Waals surface area contributed by atoms with Crippen molar-refractivity contribution in [3.63, 3.8) is 0 Å².